The maximum atomic E-state index is 3.88. The zero-order valence-electron chi connectivity index (χ0n) is 4.54. The molecule has 0 aromatic carbocycles. The van der Waals surface area contributed by atoms with Crippen LogP contribution in [0.4, 0.5) is 0 Å². The Hall–Kier alpha value is -0.420. The largest absolute Gasteiger partial charge is 0.265 e. The molecule has 1 aromatic rings. The highest BCUT2D eigenvalue weighted by molar-refractivity contribution is 7.15. The summed E-state index contributed by atoms with van der Waals surface area (Å²) < 4.78 is 0. The lowest BCUT2D eigenvalue weighted by Crippen LogP contribution is -1.74. The van der Waals surface area contributed by atoms with Crippen LogP contribution in [0.15, 0.2) is 24.5 Å². The fourth-order valence-corrected chi connectivity index (χ4v) is 0.791. The molecule has 0 radical (unpaired) electrons. The summed E-state index contributed by atoms with van der Waals surface area (Å²) in [5.74, 6) is 0. The van der Waals surface area contributed by atoms with Crippen LogP contribution in [0.25, 0.3) is 0 Å². The van der Waals surface area contributed by atoms with Gasteiger partial charge in [0.1, 0.15) is 0 Å². The summed E-state index contributed by atoms with van der Waals surface area (Å²) in [6.45, 7) is 0. The second-order valence-corrected chi connectivity index (χ2v) is 1.97. The third kappa shape index (κ3) is 1.28. The van der Waals surface area contributed by atoms with Crippen LogP contribution >= 0.6 is 9.24 Å². The lowest BCUT2D eigenvalue weighted by molar-refractivity contribution is 1.27. The van der Waals surface area contributed by atoms with Crippen LogP contribution in [-0.4, -0.2) is 4.98 Å². The van der Waals surface area contributed by atoms with Crippen molar-refractivity contribution < 1.29 is 0 Å². The van der Waals surface area contributed by atoms with Crippen molar-refractivity contribution in [1.82, 2.24) is 4.98 Å². The van der Waals surface area contributed by atoms with Gasteiger partial charge < -0.3 is 0 Å². The topological polar surface area (TPSA) is 12.9 Å². The molecule has 1 heterocycles. The molecule has 0 fully saturated rings. The smallest absolute Gasteiger partial charge is 0.0270 e. The first-order valence-corrected chi connectivity index (χ1v) is 3.34. The molecule has 0 aliphatic heterocycles. The summed E-state index contributed by atoms with van der Waals surface area (Å²) in [4.78, 5) is 3.88. The fourth-order valence-electron chi connectivity index (χ4n) is 0.519. The Morgan fingerprint density at radius 3 is 2.38 bits per heavy atom. The minimum Gasteiger partial charge on any atom is -0.265 e. The Morgan fingerprint density at radius 2 is 2.00 bits per heavy atom. The molecule has 8 heavy (non-hydrogen) atoms. The Morgan fingerprint density at radius 1 is 1.38 bits per heavy atom. The van der Waals surface area contributed by atoms with E-state index in [0.29, 0.717) is 0 Å². The SMILES string of the molecule is PCc1ccncc1. The van der Waals surface area contributed by atoms with E-state index >= 15 is 0 Å². The first-order valence-electron chi connectivity index (χ1n) is 2.52. The zero-order valence-corrected chi connectivity index (χ0v) is 5.70. The first-order chi connectivity index (χ1) is 3.93. The molecule has 0 amide bonds. The number of nitrogens with zero attached hydrogens (tertiary/aromatic N) is 1. The van der Waals surface area contributed by atoms with E-state index in [4.69, 9.17) is 0 Å². The van der Waals surface area contributed by atoms with Gasteiger partial charge in [-0.15, -0.1) is 9.24 Å². The predicted molar refractivity (Wildman–Crippen MR) is 37.7 cm³/mol. The van der Waals surface area contributed by atoms with Crippen LogP contribution in [-0.2, 0) is 6.16 Å². The van der Waals surface area contributed by atoms with Crippen molar-refractivity contribution in [3.8, 4) is 0 Å². The molecule has 2 heteroatoms. The molecular formula is C6H8NP. The third-order valence-electron chi connectivity index (χ3n) is 0.985. The normalized spacial score (nSPS) is 9.12. The van der Waals surface area contributed by atoms with Gasteiger partial charge >= 0.3 is 0 Å². The average molecular weight is 125 g/mol. The third-order valence-corrected chi connectivity index (χ3v) is 1.46. The van der Waals surface area contributed by atoms with E-state index in [0.717, 1.165) is 6.16 Å². The quantitative estimate of drug-likeness (QED) is 0.518. The van der Waals surface area contributed by atoms with E-state index in [1.807, 2.05) is 12.1 Å². The van der Waals surface area contributed by atoms with Gasteiger partial charge in [-0.1, -0.05) is 0 Å². The Labute approximate surface area is 51.3 Å². The van der Waals surface area contributed by atoms with Crippen molar-refractivity contribution in [3.63, 3.8) is 0 Å². The average Bonchev–Trinajstić information content (AvgIpc) is 1.90. The zero-order chi connectivity index (χ0) is 5.82. The molecule has 42 valence electrons. The van der Waals surface area contributed by atoms with Crippen molar-refractivity contribution in [2.45, 2.75) is 6.16 Å². The second kappa shape index (κ2) is 2.78. The monoisotopic (exact) mass is 125 g/mol. The molecule has 0 spiro atoms. The van der Waals surface area contributed by atoms with Gasteiger partial charge in [-0.05, 0) is 23.9 Å². The summed E-state index contributed by atoms with van der Waals surface area (Å²) in [5, 5.41) is 0. The maximum Gasteiger partial charge on any atom is 0.0270 e. The standard InChI is InChI=1S/C6H8NP/c8-5-6-1-3-7-4-2-6/h1-4H,5,8H2. The summed E-state index contributed by atoms with van der Waals surface area (Å²) in [7, 11) is 2.67. The Balaban J connectivity index is 2.83. The number of hydrogen-bond acceptors (Lipinski definition) is 1. The number of hydrogen-bond donors (Lipinski definition) is 0. The van der Waals surface area contributed by atoms with Gasteiger partial charge in [0.2, 0.25) is 0 Å². The van der Waals surface area contributed by atoms with Gasteiger partial charge in [-0.2, -0.15) is 0 Å². The fraction of sp³-hybridized carbons (Fsp3) is 0.167. The van der Waals surface area contributed by atoms with Crippen molar-refractivity contribution in [3.05, 3.63) is 30.1 Å². The van der Waals surface area contributed by atoms with Crippen LogP contribution in [0.5, 0.6) is 0 Å². The molecule has 0 aliphatic carbocycles. The molecule has 0 N–H and O–H groups in total. The van der Waals surface area contributed by atoms with Crippen LogP contribution in [0, 0.1) is 0 Å². The van der Waals surface area contributed by atoms with Gasteiger partial charge in [0.15, 0.2) is 0 Å². The molecule has 1 nitrogen and oxygen atoms in total. The summed E-state index contributed by atoms with van der Waals surface area (Å²) in [6.07, 6.45) is 4.63. The number of aromatic nitrogens is 1. The molecule has 0 bridgehead atoms. The van der Waals surface area contributed by atoms with Gasteiger partial charge in [-0.25, -0.2) is 0 Å². The van der Waals surface area contributed by atoms with Crippen LogP contribution in [0.1, 0.15) is 5.56 Å². The molecule has 0 saturated heterocycles. The molecule has 0 saturated carbocycles. The van der Waals surface area contributed by atoms with Crippen molar-refractivity contribution in [1.29, 1.82) is 0 Å². The predicted octanol–water partition coefficient (Wildman–Crippen LogP) is 1.46. The highest BCUT2D eigenvalue weighted by atomic mass is 31.0. The molecule has 1 aromatic heterocycles. The highest BCUT2D eigenvalue weighted by Crippen LogP contribution is 2.00. The van der Waals surface area contributed by atoms with E-state index in [9.17, 15) is 0 Å². The van der Waals surface area contributed by atoms with Crippen molar-refractivity contribution in [2.75, 3.05) is 0 Å². The molecule has 0 aliphatic rings. The van der Waals surface area contributed by atoms with Gasteiger partial charge in [0.25, 0.3) is 0 Å². The van der Waals surface area contributed by atoms with E-state index in [2.05, 4.69) is 14.2 Å². The molecular weight excluding hydrogens is 117 g/mol. The first kappa shape index (κ1) is 5.71. The molecule has 1 rings (SSSR count). The maximum absolute atomic E-state index is 3.88. The second-order valence-electron chi connectivity index (χ2n) is 1.56. The molecule has 1 atom stereocenters. The minimum absolute atomic E-state index is 1.02. The van der Waals surface area contributed by atoms with E-state index in [1.54, 1.807) is 12.4 Å². The van der Waals surface area contributed by atoms with E-state index in [1.165, 1.54) is 5.56 Å². The van der Waals surface area contributed by atoms with E-state index in [-0.39, 0.29) is 0 Å². The molecule has 1 unspecified atom stereocenters. The lowest BCUT2D eigenvalue weighted by Gasteiger charge is -1.89. The number of rotatable bonds is 1. The van der Waals surface area contributed by atoms with Crippen molar-refractivity contribution >= 4 is 9.24 Å². The summed E-state index contributed by atoms with van der Waals surface area (Å²) in [6, 6.07) is 4.01. The minimum atomic E-state index is 1.02. The summed E-state index contributed by atoms with van der Waals surface area (Å²) >= 11 is 0. The Bertz CT molecular complexity index is 150. The highest BCUT2D eigenvalue weighted by Gasteiger charge is 1.80. The van der Waals surface area contributed by atoms with Crippen LogP contribution in [0.2, 0.25) is 0 Å². The van der Waals surface area contributed by atoms with Gasteiger partial charge in [0, 0.05) is 12.4 Å². The van der Waals surface area contributed by atoms with E-state index < -0.39 is 0 Å². The van der Waals surface area contributed by atoms with Crippen LogP contribution < -0.4 is 0 Å². The van der Waals surface area contributed by atoms with Crippen molar-refractivity contribution in [2.24, 2.45) is 0 Å². The Kier molecular flexibility index (Phi) is 1.99. The number of pyridine rings is 1. The van der Waals surface area contributed by atoms with Gasteiger partial charge in [0.05, 0.1) is 0 Å². The van der Waals surface area contributed by atoms with Crippen LogP contribution in [0.3, 0.4) is 0 Å². The summed E-state index contributed by atoms with van der Waals surface area (Å²) in [5.41, 5.74) is 1.31. The lowest BCUT2D eigenvalue weighted by atomic mass is 10.3. The van der Waals surface area contributed by atoms with Gasteiger partial charge in [-0.3, -0.25) is 4.98 Å².